The first-order valence-electron chi connectivity index (χ1n) is 7.59. The van der Waals surface area contributed by atoms with Crippen LogP contribution in [0.2, 0.25) is 0 Å². The average molecular weight is 317 g/mol. The molecule has 1 atom stereocenters. The van der Waals surface area contributed by atoms with Crippen molar-refractivity contribution in [3.8, 4) is 11.4 Å². The van der Waals surface area contributed by atoms with Gasteiger partial charge in [0, 0.05) is 25.1 Å². The first-order chi connectivity index (χ1) is 11.0. The fourth-order valence-electron chi connectivity index (χ4n) is 2.11. The number of nitrogens with zero attached hydrogens (tertiary/aromatic N) is 2. The summed E-state index contributed by atoms with van der Waals surface area (Å²) in [6.07, 6.45) is -0.0924. The Morgan fingerprint density at radius 3 is 2.74 bits per heavy atom. The molecule has 0 aliphatic rings. The molecule has 2 aromatic rings. The number of anilines is 1. The molecule has 0 radical (unpaired) electrons. The van der Waals surface area contributed by atoms with Crippen molar-refractivity contribution in [1.29, 1.82) is 0 Å². The van der Waals surface area contributed by atoms with E-state index >= 15 is 0 Å². The molecule has 1 amide bonds. The molecule has 1 heterocycles. The van der Waals surface area contributed by atoms with Gasteiger partial charge < -0.3 is 15.8 Å². The summed E-state index contributed by atoms with van der Waals surface area (Å²) >= 11 is 0. The zero-order valence-corrected chi connectivity index (χ0v) is 13.7. The van der Waals surface area contributed by atoms with Gasteiger partial charge in [-0.25, -0.2) is 4.98 Å². The molecule has 7 heteroatoms. The Bertz CT molecular complexity index is 649. The van der Waals surface area contributed by atoms with E-state index < -0.39 is 0 Å². The fourth-order valence-corrected chi connectivity index (χ4v) is 2.11. The minimum Gasteiger partial charge on any atom is -0.380 e. The standard InChI is InChI=1S/C16H23N5O2/c1-10(2)15-19-16(21-20-15)12-6-4-5-7-13(12)18-14(22)8-11(9-17)23-3/h4-7,10-11H,8-9,17H2,1-3H3,(H,18,22)(H,19,20,21). The highest BCUT2D eigenvalue weighted by Crippen LogP contribution is 2.26. The smallest absolute Gasteiger partial charge is 0.227 e. The number of hydrogen-bond acceptors (Lipinski definition) is 5. The molecule has 0 aliphatic carbocycles. The number of aromatic amines is 1. The number of carbonyl (C=O) groups excluding carboxylic acids is 1. The molecular formula is C16H23N5O2. The van der Waals surface area contributed by atoms with Gasteiger partial charge in [0.2, 0.25) is 5.91 Å². The molecular weight excluding hydrogens is 294 g/mol. The Labute approximate surface area is 135 Å². The van der Waals surface area contributed by atoms with Gasteiger partial charge in [-0.2, -0.15) is 5.10 Å². The van der Waals surface area contributed by atoms with E-state index in [0.29, 0.717) is 18.1 Å². The number of methoxy groups -OCH3 is 1. The lowest BCUT2D eigenvalue weighted by Crippen LogP contribution is -2.28. The van der Waals surface area contributed by atoms with Crippen LogP contribution in [0.1, 0.15) is 32.0 Å². The molecule has 0 saturated carbocycles. The van der Waals surface area contributed by atoms with Gasteiger partial charge in [0.05, 0.1) is 18.2 Å². The number of hydrogen-bond donors (Lipinski definition) is 3. The van der Waals surface area contributed by atoms with Crippen molar-refractivity contribution >= 4 is 11.6 Å². The van der Waals surface area contributed by atoms with Crippen molar-refractivity contribution < 1.29 is 9.53 Å². The molecule has 2 rings (SSSR count). The van der Waals surface area contributed by atoms with E-state index in [0.717, 1.165) is 11.4 Å². The van der Waals surface area contributed by atoms with Gasteiger partial charge in [-0.05, 0) is 12.1 Å². The van der Waals surface area contributed by atoms with Crippen molar-refractivity contribution in [2.24, 2.45) is 5.73 Å². The number of amides is 1. The highest BCUT2D eigenvalue weighted by Gasteiger charge is 2.16. The number of benzene rings is 1. The summed E-state index contributed by atoms with van der Waals surface area (Å²) in [6, 6.07) is 7.43. The quantitative estimate of drug-likeness (QED) is 0.723. The molecule has 124 valence electrons. The van der Waals surface area contributed by atoms with Crippen LogP contribution in [0.25, 0.3) is 11.4 Å². The number of nitrogens with two attached hydrogens (primary N) is 1. The van der Waals surface area contributed by atoms with Gasteiger partial charge in [0.1, 0.15) is 5.82 Å². The number of para-hydroxylation sites is 1. The van der Waals surface area contributed by atoms with Gasteiger partial charge >= 0.3 is 0 Å². The van der Waals surface area contributed by atoms with E-state index in [-0.39, 0.29) is 24.3 Å². The van der Waals surface area contributed by atoms with Gasteiger partial charge in [0.15, 0.2) is 5.82 Å². The van der Waals surface area contributed by atoms with Crippen LogP contribution in [0.15, 0.2) is 24.3 Å². The van der Waals surface area contributed by atoms with Crippen LogP contribution in [-0.4, -0.2) is 40.8 Å². The van der Waals surface area contributed by atoms with E-state index in [1.54, 1.807) is 7.11 Å². The van der Waals surface area contributed by atoms with E-state index in [2.05, 4.69) is 20.5 Å². The minimum absolute atomic E-state index is 0.158. The largest absolute Gasteiger partial charge is 0.380 e. The molecule has 7 nitrogen and oxygen atoms in total. The second kappa shape index (κ2) is 7.85. The Kier molecular flexibility index (Phi) is 5.84. The lowest BCUT2D eigenvalue weighted by molar-refractivity contribution is -0.118. The SMILES string of the molecule is COC(CN)CC(=O)Nc1ccccc1-c1n[nH]c(C(C)C)n1. The van der Waals surface area contributed by atoms with E-state index in [1.807, 2.05) is 38.1 Å². The highest BCUT2D eigenvalue weighted by atomic mass is 16.5. The summed E-state index contributed by atoms with van der Waals surface area (Å²) in [4.78, 5) is 16.6. The highest BCUT2D eigenvalue weighted by molar-refractivity contribution is 5.94. The molecule has 1 aromatic carbocycles. The number of rotatable bonds is 7. The van der Waals surface area contributed by atoms with Gasteiger partial charge in [-0.15, -0.1) is 0 Å². The van der Waals surface area contributed by atoms with Crippen molar-refractivity contribution in [2.75, 3.05) is 19.0 Å². The zero-order chi connectivity index (χ0) is 16.8. The Morgan fingerprint density at radius 2 is 2.13 bits per heavy atom. The first kappa shape index (κ1) is 17.1. The van der Waals surface area contributed by atoms with Crippen LogP contribution in [-0.2, 0) is 9.53 Å². The molecule has 0 spiro atoms. The fraction of sp³-hybridized carbons (Fsp3) is 0.438. The maximum atomic E-state index is 12.1. The molecule has 1 aromatic heterocycles. The third-order valence-corrected chi connectivity index (χ3v) is 3.50. The summed E-state index contributed by atoms with van der Waals surface area (Å²) in [6.45, 7) is 4.37. The lowest BCUT2D eigenvalue weighted by Gasteiger charge is -2.13. The van der Waals surface area contributed by atoms with Crippen LogP contribution in [0.3, 0.4) is 0 Å². The van der Waals surface area contributed by atoms with Crippen molar-refractivity contribution in [3.05, 3.63) is 30.1 Å². The summed E-state index contributed by atoms with van der Waals surface area (Å²) in [5.74, 6) is 1.47. The van der Waals surface area contributed by atoms with Crippen LogP contribution < -0.4 is 11.1 Å². The van der Waals surface area contributed by atoms with E-state index in [4.69, 9.17) is 10.5 Å². The summed E-state index contributed by atoms with van der Waals surface area (Å²) in [5.41, 5.74) is 6.98. The molecule has 1 unspecified atom stereocenters. The zero-order valence-electron chi connectivity index (χ0n) is 13.7. The van der Waals surface area contributed by atoms with Crippen LogP contribution in [0.4, 0.5) is 5.69 Å². The summed E-state index contributed by atoms with van der Waals surface area (Å²) in [5, 5.41) is 10.0. The number of aromatic nitrogens is 3. The predicted molar refractivity (Wildman–Crippen MR) is 89.0 cm³/mol. The van der Waals surface area contributed by atoms with E-state index in [1.165, 1.54) is 0 Å². The molecule has 0 aliphatic heterocycles. The van der Waals surface area contributed by atoms with Crippen molar-refractivity contribution in [3.63, 3.8) is 0 Å². The summed E-state index contributed by atoms with van der Waals surface area (Å²) < 4.78 is 5.14. The van der Waals surface area contributed by atoms with Crippen molar-refractivity contribution in [1.82, 2.24) is 15.2 Å². The monoisotopic (exact) mass is 317 g/mol. The minimum atomic E-state index is -0.293. The summed E-state index contributed by atoms with van der Waals surface area (Å²) in [7, 11) is 1.54. The number of carbonyl (C=O) groups is 1. The van der Waals surface area contributed by atoms with E-state index in [9.17, 15) is 4.79 Å². The topological polar surface area (TPSA) is 106 Å². The second-order valence-electron chi connectivity index (χ2n) is 5.59. The number of ether oxygens (including phenoxy) is 1. The third-order valence-electron chi connectivity index (χ3n) is 3.50. The molecule has 4 N–H and O–H groups in total. The Hall–Kier alpha value is -2.25. The second-order valence-corrected chi connectivity index (χ2v) is 5.59. The predicted octanol–water partition coefficient (Wildman–Crippen LogP) is 1.90. The van der Waals surface area contributed by atoms with Gasteiger partial charge in [0.25, 0.3) is 0 Å². The Morgan fingerprint density at radius 1 is 1.39 bits per heavy atom. The maximum Gasteiger partial charge on any atom is 0.227 e. The van der Waals surface area contributed by atoms with Crippen LogP contribution >= 0.6 is 0 Å². The average Bonchev–Trinajstić information content (AvgIpc) is 3.03. The van der Waals surface area contributed by atoms with Gasteiger partial charge in [-0.3, -0.25) is 9.89 Å². The first-order valence-corrected chi connectivity index (χ1v) is 7.59. The third kappa shape index (κ3) is 4.37. The number of H-pyrrole nitrogens is 1. The Balaban J connectivity index is 2.18. The van der Waals surface area contributed by atoms with Crippen LogP contribution in [0.5, 0.6) is 0 Å². The van der Waals surface area contributed by atoms with Gasteiger partial charge in [-0.1, -0.05) is 26.0 Å². The molecule has 0 bridgehead atoms. The molecule has 0 saturated heterocycles. The lowest BCUT2D eigenvalue weighted by atomic mass is 10.1. The maximum absolute atomic E-state index is 12.1. The molecule has 0 fully saturated rings. The van der Waals surface area contributed by atoms with Crippen molar-refractivity contribution in [2.45, 2.75) is 32.3 Å². The van der Waals surface area contributed by atoms with Crippen LogP contribution in [0, 0.1) is 0 Å². The number of nitrogens with one attached hydrogen (secondary N) is 2. The molecule has 23 heavy (non-hydrogen) atoms. The normalized spacial score (nSPS) is 12.4.